The molecule has 0 spiro atoms. The minimum Gasteiger partial charge on any atom is -0.480 e. The van der Waals surface area contributed by atoms with Crippen molar-refractivity contribution >= 4 is 11.9 Å². The van der Waals surface area contributed by atoms with Gasteiger partial charge in [-0.15, -0.1) is 0 Å². The van der Waals surface area contributed by atoms with Crippen molar-refractivity contribution in [3.05, 3.63) is 59.8 Å². The fourth-order valence-corrected chi connectivity index (χ4v) is 3.32. The fourth-order valence-electron chi connectivity index (χ4n) is 3.32. The van der Waals surface area contributed by atoms with Crippen LogP contribution in [0.1, 0.15) is 24.2 Å². The van der Waals surface area contributed by atoms with Crippen molar-refractivity contribution < 1.29 is 23.5 Å². The third-order valence-corrected chi connectivity index (χ3v) is 4.89. The summed E-state index contributed by atoms with van der Waals surface area (Å²) in [6.07, 6.45) is 3.12. The highest BCUT2D eigenvalue weighted by Crippen LogP contribution is 2.20. The lowest BCUT2D eigenvalue weighted by Gasteiger charge is -2.31. The molecule has 0 radical (unpaired) electrons. The number of carboxylic acids is 1. The summed E-state index contributed by atoms with van der Waals surface area (Å²) in [5, 5.41) is 12.1. The van der Waals surface area contributed by atoms with Crippen molar-refractivity contribution in [2.75, 3.05) is 13.1 Å². The Kier molecular flexibility index (Phi) is 6.24. The van der Waals surface area contributed by atoms with Crippen molar-refractivity contribution in [2.45, 2.75) is 31.8 Å². The average molecular weight is 374 g/mol. The number of amides is 1. The Morgan fingerprint density at radius 3 is 2.52 bits per heavy atom. The lowest BCUT2D eigenvalue weighted by Crippen LogP contribution is -2.47. The highest BCUT2D eigenvalue weighted by Gasteiger charge is 2.29. The molecular weight excluding hydrogens is 351 g/mol. The Balaban J connectivity index is 1.50. The van der Waals surface area contributed by atoms with Crippen LogP contribution in [-0.4, -0.2) is 41.0 Å². The molecule has 27 heavy (non-hydrogen) atoms. The minimum absolute atomic E-state index is 0.124. The molecule has 1 aromatic carbocycles. The first-order valence-electron chi connectivity index (χ1n) is 9.03. The molecule has 0 bridgehead atoms. The van der Waals surface area contributed by atoms with Crippen LogP contribution in [0.4, 0.5) is 4.39 Å². The zero-order chi connectivity index (χ0) is 19.2. The van der Waals surface area contributed by atoms with E-state index in [4.69, 9.17) is 4.42 Å². The number of carboxylic acid groups (broad SMARTS) is 1. The molecule has 1 fully saturated rings. The second-order valence-electron chi connectivity index (χ2n) is 6.86. The van der Waals surface area contributed by atoms with Gasteiger partial charge in [-0.3, -0.25) is 9.69 Å². The van der Waals surface area contributed by atoms with Crippen LogP contribution in [0, 0.1) is 11.7 Å². The molecule has 1 unspecified atom stereocenters. The van der Waals surface area contributed by atoms with E-state index in [0.29, 0.717) is 24.9 Å². The summed E-state index contributed by atoms with van der Waals surface area (Å²) in [4.78, 5) is 26.2. The van der Waals surface area contributed by atoms with E-state index in [1.165, 1.54) is 24.3 Å². The average Bonchev–Trinajstić information content (AvgIpc) is 3.16. The predicted octanol–water partition coefficient (Wildman–Crippen LogP) is 2.44. The molecule has 2 aromatic rings. The number of carbonyl (C=O) groups excluding carboxylic acids is 1. The van der Waals surface area contributed by atoms with Gasteiger partial charge in [-0.05, 0) is 55.8 Å². The smallest absolute Gasteiger partial charge is 0.326 e. The molecule has 7 heteroatoms. The first-order valence-corrected chi connectivity index (χ1v) is 9.03. The summed E-state index contributed by atoms with van der Waals surface area (Å²) in [5.74, 6) is -1.02. The van der Waals surface area contributed by atoms with Crippen LogP contribution in [0.15, 0.2) is 47.1 Å². The minimum atomic E-state index is -1.09. The summed E-state index contributed by atoms with van der Waals surface area (Å²) >= 11 is 0. The van der Waals surface area contributed by atoms with Crippen molar-refractivity contribution in [2.24, 2.45) is 5.92 Å². The molecule has 0 saturated carbocycles. The van der Waals surface area contributed by atoms with Gasteiger partial charge < -0.3 is 14.8 Å². The summed E-state index contributed by atoms with van der Waals surface area (Å²) in [6, 6.07) is 8.38. The number of nitrogens with one attached hydrogen (secondary N) is 1. The Morgan fingerprint density at radius 1 is 1.22 bits per heavy atom. The third kappa shape index (κ3) is 5.40. The highest BCUT2D eigenvalue weighted by molar-refractivity contribution is 5.85. The number of benzene rings is 1. The number of aliphatic carboxylic acids is 1. The monoisotopic (exact) mass is 374 g/mol. The van der Waals surface area contributed by atoms with Gasteiger partial charge in [0.05, 0.1) is 12.8 Å². The quantitative estimate of drug-likeness (QED) is 0.778. The van der Waals surface area contributed by atoms with Crippen molar-refractivity contribution in [1.82, 2.24) is 10.2 Å². The van der Waals surface area contributed by atoms with Crippen LogP contribution >= 0.6 is 0 Å². The summed E-state index contributed by atoms with van der Waals surface area (Å²) < 4.78 is 18.3. The molecule has 1 amide bonds. The van der Waals surface area contributed by atoms with Crippen molar-refractivity contribution in [1.29, 1.82) is 0 Å². The normalized spacial score (nSPS) is 16.8. The molecule has 0 aliphatic carbocycles. The Labute approximate surface area is 157 Å². The molecule has 2 N–H and O–H groups in total. The van der Waals surface area contributed by atoms with E-state index in [1.54, 1.807) is 6.26 Å². The number of hydrogen-bond acceptors (Lipinski definition) is 4. The first kappa shape index (κ1) is 19.1. The number of furan rings is 1. The van der Waals surface area contributed by atoms with Crippen LogP contribution in [0.25, 0.3) is 0 Å². The molecule has 1 atom stereocenters. The maximum Gasteiger partial charge on any atom is 0.326 e. The Morgan fingerprint density at radius 2 is 1.93 bits per heavy atom. The topological polar surface area (TPSA) is 82.8 Å². The van der Waals surface area contributed by atoms with Crippen molar-refractivity contribution in [3.63, 3.8) is 0 Å². The van der Waals surface area contributed by atoms with Crippen LogP contribution in [0.2, 0.25) is 0 Å². The molecule has 1 aliphatic heterocycles. The molecule has 6 nitrogen and oxygen atoms in total. The largest absolute Gasteiger partial charge is 0.480 e. The van der Waals surface area contributed by atoms with Gasteiger partial charge in [0.2, 0.25) is 5.91 Å². The number of piperidine rings is 1. The number of hydrogen-bond donors (Lipinski definition) is 2. The SMILES string of the molecule is O=C(NC(Cc1ccc(F)cc1)C(=O)O)C1CCN(Cc2ccco2)CC1. The molecule has 1 aliphatic rings. The van der Waals surface area contributed by atoms with E-state index in [2.05, 4.69) is 10.2 Å². The van der Waals surface area contributed by atoms with Gasteiger partial charge in [0.25, 0.3) is 0 Å². The van der Waals surface area contributed by atoms with Gasteiger partial charge in [0.1, 0.15) is 17.6 Å². The third-order valence-electron chi connectivity index (χ3n) is 4.89. The van der Waals surface area contributed by atoms with Gasteiger partial charge in [0, 0.05) is 12.3 Å². The Bertz CT molecular complexity index is 753. The molecule has 2 heterocycles. The standard InChI is InChI=1S/C20H23FN2O4/c21-16-5-3-14(4-6-16)12-18(20(25)26)22-19(24)15-7-9-23(10-8-15)13-17-2-1-11-27-17/h1-6,11,15,18H,7-10,12-13H2,(H,22,24)(H,25,26). The molecule has 1 aromatic heterocycles. The highest BCUT2D eigenvalue weighted by atomic mass is 19.1. The number of rotatable bonds is 7. The zero-order valence-corrected chi connectivity index (χ0v) is 14.9. The van der Waals surface area contributed by atoms with E-state index < -0.39 is 12.0 Å². The van der Waals surface area contributed by atoms with Gasteiger partial charge in [-0.25, -0.2) is 9.18 Å². The number of likely N-dealkylation sites (tertiary alicyclic amines) is 1. The summed E-state index contributed by atoms with van der Waals surface area (Å²) in [6.45, 7) is 2.23. The maximum absolute atomic E-state index is 13.0. The summed E-state index contributed by atoms with van der Waals surface area (Å²) in [5.41, 5.74) is 0.664. The second-order valence-corrected chi connectivity index (χ2v) is 6.86. The van der Waals surface area contributed by atoms with Crippen LogP contribution in [0.5, 0.6) is 0 Å². The Hall–Kier alpha value is -2.67. The fraction of sp³-hybridized carbons (Fsp3) is 0.400. The van der Waals surface area contributed by atoms with E-state index in [-0.39, 0.29) is 24.1 Å². The van der Waals surface area contributed by atoms with E-state index in [1.807, 2.05) is 12.1 Å². The van der Waals surface area contributed by atoms with E-state index in [0.717, 1.165) is 18.8 Å². The molecule has 3 rings (SSSR count). The number of carbonyl (C=O) groups is 2. The van der Waals surface area contributed by atoms with Crippen LogP contribution in [0.3, 0.4) is 0 Å². The van der Waals surface area contributed by atoms with Gasteiger partial charge in [-0.2, -0.15) is 0 Å². The molecule has 144 valence electrons. The lowest BCUT2D eigenvalue weighted by atomic mass is 9.95. The zero-order valence-electron chi connectivity index (χ0n) is 14.9. The van der Waals surface area contributed by atoms with Crippen LogP contribution < -0.4 is 5.32 Å². The van der Waals surface area contributed by atoms with E-state index >= 15 is 0 Å². The van der Waals surface area contributed by atoms with Crippen molar-refractivity contribution in [3.8, 4) is 0 Å². The predicted molar refractivity (Wildman–Crippen MR) is 96.4 cm³/mol. The van der Waals surface area contributed by atoms with Gasteiger partial charge in [-0.1, -0.05) is 12.1 Å². The summed E-state index contributed by atoms with van der Waals surface area (Å²) in [7, 11) is 0. The van der Waals surface area contributed by atoms with Gasteiger partial charge >= 0.3 is 5.97 Å². The lowest BCUT2D eigenvalue weighted by molar-refractivity contribution is -0.142. The molecular formula is C20H23FN2O4. The second kappa shape index (κ2) is 8.81. The van der Waals surface area contributed by atoms with E-state index in [9.17, 15) is 19.1 Å². The number of nitrogens with zero attached hydrogens (tertiary/aromatic N) is 1. The first-order chi connectivity index (χ1) is 13.0. The van der Waals surface area contributed by atoms with Gasteiger partial charge in [0.15, 0.2) is 0 Å². The van der Waals surface area contributed by atoms with Crippen LogP contribution in [-0.2, 0) is 22.6 Å². The molecule has 1 saturated heterocycles. The number of halogens is 1. The maximum atomic E-state index is 13.0.